The average Bonchev–Trinajstić information content (AvgIpc) is 3.13. The third-order valence-corrected chi connectivity index (χ3v) is 6.56. The molecule has 1 unspecified atom stereocenters. The second-order valence-corrected chi connectivity index (χ2v) is 9.61. The molecule has 4 rings (SSSR count). The van der Waals surface area contributed by atoms with Gasteiger partial charge in [-0.15, -0.1) is 0 Å². The molecule has 1 aliphatic rings. The summed E-state index contributed by atoms with van der Waals surface area (Å²) in [5.41, 5.74) is 3.47. The summed E-state index contributed by atoms with van der Waals surface area (Å²) in [6.45, 7) is 3.24. The molecule has 1 heterocycles. The smallest absolute Gasteiger partial charge is 0.295 e. The number of ketones is 1. The number of benzene rings is 3. The third kappa shape index (κ3) is 5.69. The van der Waals surface area contributed by atoms with Crippen LogP contribution in [0.25, 0.3) is 5.76 Å². The maximum absolute atomic E-state index is 13.1. The fraction of sp³-hybridized carbons (Fsp3) is 0.241. The number of likely N-dealkylation sites (tertiary alicyclic amines) is 1. The Morgan fingerprint density at radius 3 is 2.47 bits per heavy atom. The largest absolute Gasteiger partial charge is 0.507 e. The van der Waals surface area contributed by atoms with Crippen LogP contribution in [0.15, 0.2) is 82.8 Å². The van der Waals surface area contributed by atoms with Crippen molar-refractivity contribution in [1.29, 1.82) is 0 Å². The molecule has 1 fully saturated rings. The number of carbonyl (C=O) groups excluding carboxylic acids is 2. The van der Waals surface area contributed by atoms with E-state index < -0.39 is 17.7 Å². The molecule has 1 atom stereocenters. The number of hydrogen-bond donors (Lipinski definition) is 1. The number of nitrogens with zero attached hydrogens (tertiary/aromatic N) is 1. The zero-order valence-electron chi connectivity index (χ0n) is 20.2. The molecule has 3 aromatic carbocycles. The maximum Gasteiger partial charge on any atom is 0.295 e. The summed E-state index contributed by atoms with van der Waals surface area (Å²) in [5.74, 6) is -0.903. The fourth-order valence-electron chi connectivity index (χ4n) is 4.35. The molecular formula is C29H28BrNO5. The van der Waals surface area contributed by atoms with E-state index >= 15 is 0 Å². The van der Waals surface area contributed by atoms with E-state index in [0.29, 0.717) is 37.5 Å². The van der Waals surface area contributed by atoms with Crippen LogP contribution >= 0.6 is 15.9 Å². The Morgan fingerprint density at radius 2 is 1.78 bits per heavy atom. The molecule has 0 spiro atoms. The standard InChI is InChI=1S/C29H28BrNO5/c1-19-6-3-7-20(16-19)18-36-24-12-10-21(11-13-24)27(32)25-26(22-8-4-9-23(30)17-22)31(14-5-15-35-2)29(34)28(25)33/h3-4,6-13,16-17,26,32H,5,14-15,18H2,1-2H3. The van der Waals surface area contributed by atoms with Crippen molar-refractivity contribution in [2.45, 2.75) is 26.0 Å². The van der Waals surface area contributed by atoms with Crippen molar-refractivity contribution in [3.8, 4) is 5.75 Å². The second-order valence-electron chi connectivity index (χ2n) is 8.70. The lowest BCUT2D eigenvalue weighted by Crippen LogP contribution is -2.31. The first-order valence-electron chi connectivity index (χ1n) is 11.7. The average molecular weight is 550 g/mol. The van der Waals surface area contributed by atoms with Crippen LogP contribution in [-0.2, 0) is 20.9 Å². The number of halogens is 1. The van der Waals surface area contributed by atoms with Crippen molar-refractivity contribution >= 4 is 33.4 Å². The van der Waals surface area contributed by atoms with Gasteiger partial charge < -0.3 is 19.5 Å². The summed E-state index contributed by atoms with van der Waals surface area (Å²) < 4.78 is 11.8. The number of rotatable bonds is 9. The van der Waals surface area contributed by atoms with Crippen LogP contribution in [0.3, 0.4) is 0 Å². The van der Waals surface area contributed by atoms with Crippen molar-refractivity contribution in [3.05, 3.63) is 105 Å². The summed E-state index contributed by atoms with van der Waals surface area (Å²) in [6.07, 6.45) is 0.570. The molecule has 186 valence electrons. The predicted octanol–water partition coefficient (Wildman–Crippen LogP) is 5.79. The zero-order valence-corrected chi connectivity index (χ0v) is 21.8. The van der Waals surface area contributed by atoms with Crippen LogP contribution in [0, 0.1) is 6.92 Å². The third-order valence-electron chi connectivity index (χ3n) is 6.07. The SMILES string of the molecule is COCCCN1C(=O)C(=O)C(=C(O)c2ccc(OCc3cccc(C)c3)cc2)C1c1cccc(Br)c1. The van der Waals surface area contributed by atoms with Gasteiger partial charge in [0.2, 0.25) is 0 Å². The summed E-state index contributed by atoms with van der Waals surface area (Å²) >= 11 is 3.47. The summed E-state index contributed by atoms with van der Waals surface area (Å²) in [7, 11) is 1.59. The van der Waals surface area contributed by atoms with Gasteiger partial charge in [-0.1, -0.05) is 57.9 Å². The van der Waals surface area contributed by atoms with Crippen molar-refractivity contribution in [2.75, 3.05) is 20.3 Å². The van der Waals surface area contributed by atoms with Gasteiger partial charge >= 0.3 is 0 Å². The Bertz CT molecular complexity index is 1280. The number of ether oxygens (including phenoxy) is 2. The van der Waals surface area contributed by atoms with E-state index in [-0.39, 0.29) is 11.3 Å². The van der Waals surface area contributed by atoms with Crippen molar-refractivity contribution in [2.24, 2.45) is 0 Å². The lowest BCUT2D eigenvalue weighted by atomic mass is 9.95. The number of amides is 1. The minimum absolute atomic E-state index is 0.0731. The van der Waals surface area contributed by atoms with Crippen molar-refractivity contribution in [1.82, 2.24) is 4.90 Å². The highest BCUT2D eigenvalue weighted by atomic mass is 79.9. The summed E-state index contributed by atoms with van der Waals surface area (Å²) in [4.78, 5) is 27.6. The molecule has 1 saturated heterocycles. The summed E-state index contributed by atoms with van der Waals surface area (Å²) in [6, 6.07) is 21.7. The molecule has 0 aliphatic carbocycles. The monoisotopic (exact) mass is 549 g/mol. The van der Waals surface area contributed by atoms with Crippen LogP contribution in [0.2, 0.25) is 0 Å². The van der Waals surface area contributed by atoms with Gasteiger partial charge in [0, 0.05) is 30.3 Å². The zero-order chi connectivity index (χ0) is 25.7. The first-order chi connectivity index (χ1) is 17.4. The van der Waals surface area contributed by atoms with Gasteiger partial charge in [-0.2, -0.15) is 0 Å². The minimum Gasteiger partial charge on any atom is -0.507 e. The van der Waals surface area contributed by atoms with Gasteiger partial charge in [0.15, 0.2) is 0 Å². The molecular weight excluding hydrogens is 522 g/mol. The Balaban J connectivity index is 1.63. The van der Waals surface area contributed by atoms with Gasteiger partial charge in [0.25, 0.3) is 11.7 Å². The van der Waals surface area contributed by atoms with Gasteiger partial charge in [0.1, 0.15) is 18.1 Å². The van der Waals surface area contributed by atoms with Crippen LogP contribution < -0.4 is 4.74 Å². The van der Waals surface area contributed by atoms with Gasteiger partial charge in [0.05, 0.1) is 11.6 Å². The molecule has 1 aliphatic heterocycles. The fourth-order valence-corrected chi connectivity index (χ4v) is 4.76. The molecule has 6 nitrogen and oxygen atoms in total. The number of aliphatic hydroxyl groups excluding tert-OH is 1. The molecule has 0 radical (unpaired) electrons. The molecule has 1 amide bonds. The predicted molar refractivity (Wildman–Crippen MR) is 142 cm³/mol. The Labute approximate surface area is 219 Å². The Kier molecular flexibility index (Phi) is 8.23. The van der Waals surface area contributed by atoms with Crippen LogP contribution in [0.1, 0.15) is 34.7 Å². The normalized spacial score (nSPS) is 17.0. The van der Waals surface area contributed by atoms with Crippen LogP contribution in [0.5, 0.6) is 5.75 Å². The Morgan fingerprint density at radius 1 is 1.03 bits per heavy atom. The minimum atomic E-state index is -0.699. The first kappa shape index (κ1) is 25.7. The highest BCUT2D eigenvalue weighted by Crippen LogP contribution is 2.40. The second kappa shape index (κ2) is 11.5. The summed E-state index contributed by atoms with van der Waals surface area (Å²) in [5, 5.41) is 11.2. The topological polar surface area (TPSA) is 76.1 Å². The molecule has 0 bridgehead atoms. The van der Waals surface area contributed by atoms with E-state index in [2.05, 4.69) is 22.0 Å². The van der Waals surface area contributed by atoms with E-state index in [1.54, 1.807) is 31.4 Å². The van der Waals surface area contributed by atoms with Gasteiger partial charge in [-0.3, -0.25) is 9.59 Å². The quantitative estimate of drug-likeness (QED) is 0.158. The van der Waals surface area contributed by atoms with Crippen molar-refractivity contribution in [3.63, 3.8) is 0 Å². The first-order valence-corrected chi connectivity index (χ1v) is 12.5. The molecule has 1 N–H and O–H groups in total. The van der Waals surface area contributed by atoms with E-state index in [4.69, 9.17) is 9.47 Å². The number of aliphatic hydroxyl groups is 1. The molecule has 0 aromatic heterocycles. The highest BCUT2D eigenvalue weighted by Gasteiger charge is 2.45. The van der Waals surface area contributed by atoms with Gasteiger partial charge in [-0.25, -0.2) is 0 Å². The number of Topliss-reactive ketones (excluding diaryl/α,β-unsaturated/α-hetero) is 1. The van der Waals surface area contributed by atoms with Crippen molar-refractivity contribution < 1.29 is 24.2 Å². The number of carbonyl (C=O) groups is 2. The molecule has 36 heavy (non-hydrogen) atoms. The lowest BCUT2D eigenvalue weighted by molar-refractivity contribution is -0.140. The molecule has 3 aromatic rings. The maximum atomic E-state index is 13.1. The Hall–Kier alpha value is -3.42. The van der Waals surface area contributed by atoms with Crippen LogP contribution in [-0.4, -0.2) is 42.0 Å². The number of aryl methyl sites for hydroxylation is 1. The van der Waals surface area contributed by atoms with E-state index in [1.165, 1.54) is 4.90 Å². The van der Waals surface area contributed by atoms with Gasteiger partial charge in [-0.05, 0) is 60.9 Å². The van der Waals surface area contributed by atoms with E-state index in [9.17, 15) is 14.7 Å². The molecule has 0 saturated carbocycles. The van der Waals surface area contributed by atoms with E-state index in [1.807, 2.05) is 49.4 Å². The lowest BCUT2D eigenvalue weighted by Gasteiger charge is -2.25. The number of methoxy groups -OCH3 is 1. The highest BCUT2D eigenvalue weighted by molar-refractivity contribution is 9.10. The molecule has 7 heteroatoms. The van der Waals surface area contributed by atoms with E-state index in [0.717, 1.165) is 21.2 Å². The number of hydrogen-bond acceptors (Lipinski definition) is 5. The van der Waals surface area contributed by atoms with Crippen LogP contribution in [0.4, 0.5) is 0 Å².